The summed E-state index contributed by atoms with van der Waals surface area (Å²) in [5, 5.41) is 4.38. The second kappa shape index (κ2) is 43.5. The van der Waals surface area contributed by atoms with E-state index in [9.17, 15) is 9.59 Å². The van der Waals surface area contributed by atoms with Gasteiger partial charge < -0.3 is 80.9 Å². The van der Waals surface area contributed by atoms with Crippen LogP contribution in [0.15, 0.2) is 286 Å². The van der Waals surface area contributed by atoms with Gasteiger partial charge in [0, 0.05) is 6.42 Å². The smallest absolute Gasteiger partial charge is 0.306 e. The molecule has 0 bridgehead atoms. The Balaban J connectivity index is 1.04. The molecular formula is C93H102Cl3NO18Si. The van der Waals surface area contributed by atoms with Crippen LogP contribution in [0, 0.1) is 0 Å². The highest BCUT2D eigenvalue weighted by molar-refractivity contribution is 6.99. The van der Waals surface area contributed by atoms with E-state index in [-0.39, 0.29) is 91.3 Å². The quantitative estimate of drug-likeness (QED) is 0.0164. The largest absolute Gasteiger partial charge is 0.454 e. The van der Waals surface area contributed by atoms with Crippen molar-refractivity contribution in [3.8, 4) is 0 Å². The van der Waals surface area contributed by atoms with E-state index in [0.717, 1.165) is 49.3 Å². The highest BCUT2D eigenvalue weighted by atomic mass is 35.6. The summed E-state index contributed by atoms with van der Waals surface area (Å²) < 4.78 is 106. The number of carbonyl (C=O) groups excluding carboxylic acids is 3. The Hall–Kier alpha value is -8.14. The molecule has 3 saturated heterocycles. The second-order valence-electron chi connectivity index (χ2n) is 29.9. The average molecular weight is 1660 g/mol. The molecule has 1 unspecified atom stereocenters. The molecule has 0 saturated carbocycles. The van der Waals surface area contributed by atoms with Gasteiger partial charge in [-0.2, -0.15) is 0 Å². The fraction of sp³-hybridized carbons (Fsp3) is 0.366. The van der Waals surface area contributed by atoms with Crippen LogP contribution in [0.3, 0.4) is 0 Å². The van der Waals surface area contributed by atoms with Gasteiger partial charge in [-0.3, -0.25) is 9.59 Å². The van der Waals surface area contributed by atoms with Gasteiger partial charge in [-0.05, 0) is 61.3 Å². The van der Waals surface area contributed by atoms with Crippen molar-refractivity contribution in [2.75, 3.05) is 26.4 Å². The number of nitrogens with one attached hydrogen (secondary N) is 1. The lowest BCUT2D eigenvalue weighted by Gasteiger charge is -2.52. The fourth-order valence-electron chi connectivity index (χ4n) is 14.7. The van der Waals surface area contributed by atoms with Crippen molar-refractivity contribution in [3.05, 3.63) is 325 Å². The summed E-state index contributed by atoms with van der Waals surface area (Å²) in [6.07, 6.45) is -17.1. The Bertz CT molecular complexity index is 4360. The summed E-state index contributed by atoms with van der Waals surface area (Å²) in [7, 11) is -3.51. The maximum Gasteiger partial charge on any atom is 0.306 e. The third-order valence-corrected chi connectivity index (χ3v) is 25.9. The number of ketones is 1. The van der Waals surface area contributed by atoms with Crippen LogP contribution < -0.4 is 15.7 Å². The van der Waals surface area contributed by atoms with Crippen LogP contribution in [0.2, 0.25) is 5.04 Å². The molecule has 1 amide bonds. The summed E-state index contributed by atoms with van der Waals surface area (Å²) in [6.45, 7) is 11.6. The van der Waals surface area contributed by atoms with Crippen LogP contribution in [-0.4, -0.2) is 148 Å². The Morgan fingerprint density at radius 1 is 0.397 bits per heavy atom. The summed E-state index contributed by atoms with van der Waals surface area (Å²) >= 11 is 20.2. The maximum atomic E-state index is 15.2. The molecule has 1 N–H and O–H groups in total. The molecule has 612 valence electrons. The Kier molecular flexibility index (Phi) is 32.7. The zero-order valence-corrected chi connectivity index (χ0v) is 68.9. The summed E-state index contributed by atoms with van der Waals surface area (Å²) in [4.78, 5) is 42.4. The minimum atomic E-state index is -3.51. The predicted molar refractivity (Wildman–Crippen MR) is 445 cm³/mol. The molecule has 3 fully saturated rings. The first-order valence-corrected chi connectivity index (χ1v) is 42.3. The van der Waals surface area contributed by atoms with Crippen molar-refractivity contribution in [3.63, 3.8) is 0 Å². The molecule has 9 aromatic rings. The van der Waals surface area contributed by atoms with Crippen LogP contribution in [-0.2, 0) is 131 Å². The van der Waals surface area contributed by atoms with Crippen molar-refractivity contribution in [1.82, 2.24) is 5.32 Å². The topological polar surface area (TPSA) is 202 Å². The number of carbonyl (C=O) groups is 3. The van der Waals surface area contributed by atoms with E-state index in [1.165, 1.54) is 6.92 Å². The molecule has 3 aliphatic rings. The molecule has 12 rings (SSSR count). The van der Waals surface area contributed by atoms with Crippen LogP contribution in [0.1, 0.15) is 79.5 Å². The third kappa shape index (κ3) is 24.3. The van der Waals surface area contributed by atoms with E-state index in [0.29, 0.717) is 0 Å². The maximum absolute atomic E-state index is 15.2. The summed E-state index contributed by atoms with van der Waals surface area (Å²) in [5.41, 5.74) is 5.79. The SMILES string of the molecule is C=CCO[C@H]1O[C@H](CO[Si](c2ccccc2)(c2ccccc2)C(C)(C)C)[C@@H](O[C@@H]2O[C@H](COCc3ccccc3)[C@H](OC3O[C@H](COCc4ccccc4)[C@@H](OCc4ccccc4)[C@H](OCc4ccccc4)[C@H]3OCc3ccccc3)[C@H](OCc3ccccc3)[C@H]2NC(=O)C(Cl)(Cl)Cl)[C@H](OCc2ccccc2)[C@@H]1OC(=O)CCC(C)=O. The van der Waals surface area contributed by atoms with E-state index in [1.807, 2.05) is 249 Å². The minimum absolute atomic E-state index is 0.0359. The van der Waals surface area contributed by atoms with Crippen molar-refractivity contribution in [2.45, 2.75) is 188 Å². The van der Waals surface area contributed by atoms with E-state index in [2.05, 4.69) is 56.9 Å². The molecule has 3 aliphatic heterocycles. The molecule has 3 heterocycles. The molecule has 116 heavy (non-hydrogen) atoms. The number of hydrogen-bond acceptors (Lipinski definition) is 18. The summed E-state index contributed by atoms with van der Waals surface area (Å²) in [6, 6.07) is 86.2. The Morgan fingerprint density at radius 2 is 0.733 bits per heavy atom. The van der Waals surface area contributed by atoms with Gasteiger partial charge in [0.15, 0.2) is 25.0 Å². The first-order valence-electron chi connectivity index (χ1n) is 39.2. The van der Waals surface area contributed by atoms with Gasteiger partial charge in [-0.25, -0.2) is 0 Å². The van der Waals surface area contributed by atoms with E-state index in [4.69, 9.17) is 106 Å². The van der Waals surface area contributed by atoms with Gasteiger partial charge in [0.2, 0.25) is 0 Å². The Labute approximate surface area is 696 Å². The van der Waals surface area contributed by atoms with Gasteiger partial charge in [0.05, 0.1) is 79.1 Å². The van der Waals surface area contributed by atoms with E-state index < -0.39 is 121 Å². The highest BCUT2D eigenvalue weighted by Crippen LogP contribution is 2.42. The van der Waals surface area contributed by atoms with Crippen molar-refractivity contribution in [1.29, 1.82) is 0 Å². The van der Waals surface area contributed by atoms with Gasteiger partial charge >= 0.3 is 5.97 Å². The number of halogens is 3. The molecule has 0 radical (unpaired) electrons. The van der Waals surface area contributed by atoms with Crippen molar-refractivity contribution < 1.29 is 85.1 Å². The number of amides is 1. The normalized spacial score (nSPS) is 23.7. The minimum Gasteiger partial charge on any atom is -0.454 e. The number of ether oxygens (including phenoxy) is 14. The predicted octanol–water partition coefficient (Wildman–Crippen LogP) is 15.2. The number of hydrogen-bond donors (Lipinski definition) is 1. The zero-order chi connectivity index (χ0) is 81.1. The molecule has 0 aliphatic carbocycles. The molecule has 9 aromatic carbocycles. The van der Waals surface area contributed by atoms with Crippen LogP contribution in [0.25, 0.3) is 0 Å². The van der Waals surface area contributed by atoms with E-state index in [1.54, 1.807) is 6.08 Å². The first kappa shape index (κ1) is 87.2. The highest BCUT2D eigenvalue weighted by Gasteiger charge is 2.59. The van der Waals surface area contributed by atoms with Crippen LogP contribution in [0.4, 0.5) is 0 Å². The first-order chi connectivity index (χ1) is 56.4. The van der Waals surface area contributed by atoms with E-state index >= 15 is 4.79 Å². The van der Waals surface area contributed by atoms with Gasteiger partial charge in [0.25, 0.3) is 18.0 Å². The lowest BCUT2D eigenvalue weighted by molar-refractivity contribution is -0.378. The lowest BCUT2D eigenvalue weighted by atomic mass is 9.93. The van der Waals surface area contributed by atoms with Crippen LogP contribution in [0.5, 0.6) is 0 Å². The molecule has 0 aromatic heterocycles. The molecule has 0 spiro atoms. The van der Waals surface area contributed by atoms with Gasteiger partial charge in [-0.1, -0.05) is 335 Å². The lowest BCUT2D eigenvalue weighted by Crippen LogP contribution is -2.71. The van der Waals surface area contributed by atoms with Crippen molar-refractivity contribution >= 4 is 71.2 Å². The Morgan fingerprint density at radius 3 is 1.14 bits per heavy atom. The van der Waals surface area contributed by atoms with Gasteiger partial charge in [-0.15, -0.1) is 6.58 Å². The molecular weight excluding hydrogens is 1550 g/mol. The monoisotopic (exact) mass is 1650 g/mol. The number of esters is 1. The molecule has 19 nitrogen and oxygen atoms in total. The number of benzene rings is 9. The average Bonchev–Trinajstić information content (AvgIpc) is 0.757. The van der Waals surface area contributed by atoms with Crippen LogP contribution >= 0.6 is 34.8 Å². The molecule has 23 heteroatoms. The zero-order valence-electron chi connectivity index (χ0n) is 65.6. The standard InChI is InChI=1S/C93H102Cl3NO18Si/c1-6-54-103-89-87(113-78(99)53-52-65(2)98)85(107-60-71-44-26-12-27-45-71)82(77(111-89)64-109-116(92(3,4)5,73-48-30-14-31-49-73)74-50-32-15-33-51-74)114-88-79(97-91(100)93(94,95)96)83(105-58-69-40-22-10-23-41-69)81(76(110-88)63-102-56-67-36-18-8-19-37-67)115-90-86(108-61-72-46-28-13-29-47-72)84(106-59-70-42-24-11-25-43-70)80(104-57-68-38-20-9-21-39-68)75(112-90)62-101-55-66-34-16-7-17-35-66/h6-51,75-77,79-90H,1,52-64H2,2-5H3,(H,97,100)/t75-,76-,77-,79-,80-,81+,82-,83-,84+,85+,86-,87+,88+,89+,90?/m1/s1. The second-order valence-corrected chi connectivity index (χ2v) is 36.5. The summed E-state index contributed by atoms with van der Waals surface area (Å²) in [5.74, 6) is -2.10. The number of rotatable bonds is 40. The van der Waals surface area contributed by atoms with Gasteiger partial charge in [0.1, 0.15) is 72.9 Å². The number of alkyl halides is 3. The molecule has 15 atom stereocenters. The fourth-order valence-corrected chi connectivity index (χ4v) is 19.4. The number of Topliss-reactive ketones (excluding diaryl/α,β-unsaturated/α-hetero) is 1. The third-order valence-electron chi connectivity index (χ3n) is 20.4. The van der Waals surface area contributed by atoms with Crippen molar-refractivity contribution in [2.24, 2.45) is 0 Å².